The Morgan fingerprint density at radius 2 is 0.384 bits per heavy atom. The standard InChI is InChI=1S/C82H52O.C62H44O/c1-5-22-60(23-6-1)81(61-24-7-2-8-25-61)75-35-19-17-33-67(75)69-44-41-56(51-77(69)81)55-43-46-79-73(47-55)74-50-59(49-72(80(74)83-79)54-39-37-53(38-40-54)71-48-58-21-13-14-30-64(58)65-31-15-16-32-66(65)71)57-42-45-70-68-34-18-20-36-76(68)82(78(70)52-57,62-26-9-3-10-27-62)63-28-11-4-12-29-63;1-61(2)55-19-11-9-17-47(55)49-28-25-40(35-57(49)61)39-27-30-59-53(31-39)54-34-43(41-26-29-50-48-18-10-12-20-56(48)62(3,4)58(50)36-41)33-52(60(54)63-59)38-23-21-37(22-24-38)51-32-42-13-5-6-14-44(42)45-15-7-8-16-46(45)51/h1-52H;5-36H,1-4H3. The van der Waals surface area contributed by atoms with Crippen molar-refractivity contribution in [3.63, 3.8) is 0 Å². The van der Waals surface area contributed by atoms with Crippen LogP contribution in [0.2, 0.25) is 0 Å². The molecule has 2 aromatic heterocycles. The molecule has 0 saturated carbocycles. The smallest absolute Gasteiger partial charge is 0.143 e. The molecule has 0 unspecified atom stereocenters. The summed E-state index contributed by atoms with van der Waals surface area (Å²) in [6.45, 7) is 9.43. The second-order valence-corrected chi connectivity index (χ2v) is 41.4. The molecule has 24 aromatic carbocycles. The lowest BCUT2D eigenvalue weighted by Crippen LogP contribution is -2.28. The minimum Gasteiger partial charge on any atom is -0.455 e. The lowest BCUT2D eigenvalue weighted by atomic mass is 9.67. The fourth-order valence-corrected chi connectivity index (χ4v) is 26.1. The predicted octanol–water partition coefficient (Wildman–Crippen LogP) is 38.5. The van der Waals surface area contributed by atoms with E-state index in [1.165, 1.54) is 199 Å². The van der Waals surface area contributed by atoms with E-state index >= 15 is 0 Å². The van der Waals surface area contributed by atoms with Crippen LogP contribution in [0, 0.1) is 0 Å². The normalized spacial score (nSPS) is 13.8. The number of hydrogen-bond acceptors (Lipinski definition) is 2. The maximum atomic E-state index is 7.17. The molecule has 4 aliphatic carbocycles. The second-order valence-electron chi connectivity index (χ2n) is 41.4. The molecule has 30 rings (SSSR count). The molecule has 0 aliphatic heterocycles. The summed E-state index contributed by atoms with van der Waals surface area (Å²) in [7, 11) is 0. The van der Waals surface area contributed by atoms with Gasteiger partial charge in [0, 0.05) is 43.5 Å². The molecule has 0 fully saturated rings. The van der Waals surface area contributed by atoms with Crippen LogP contribution in [-0.2, 0) is 21.7 Å². The Balaban J connectivity index is 0.000000144. The number of hydrogen-bond donors (Lipinski definition) is 0. The van der Waals surface area contributed by atoms with Crippen LogP contribution in [0.3, 0.4) is 0 Å². The molecule has 684 valence electrons. The van der Waals surface area contributed by atoms with Gasteiger partial charge < -0.3 is 8.83 Å². The van der Waals surface area contributed by atoms with Crippen LogP contribution in [0.25, 0.3) is 220 Å². The lowest BCUT2D eigenvalue weighted by Gasteiger charge is -2.34. The maximum absolute atomic E-state index is 7.17. The van der Waals surface area contributed by atoms with Crippen LogP contribution >= 0.6 is 0 Å². The largest absolute Gasteiger partial charge is 0.455 e. The highest BCUT2D eigenvalue weighted by molar-refractivity contribution is 6.18. The molecular weight excluding hydrogens is 1760 g/mol. The van der Waals surface area contributed by atoms with Crippen molar-refractivity contribution < 1.29 is 8.83 Å². The van der Waals surface area contributed by atoms with Crippen molar-refractivity contribution >= 4 is 87.0 Å². The summed E-state index contributed by atoms with van der Waals surface area (Å²) in [6, 6.07) is 190. The van der Waals surface area contributed by atoms with Crippen molar-refractivity contribution in [2.45, 2.75) is 49.4 Å². The van der Waals surface area contributed by atoms with Crippen molar-refractivity contribution in [2.75, 3.05) is 0 Å². The molecule has 2 heteroatoms. The van der Waals surface area contributed by atoms with Gasteiger partial charge in [-0.05, 0) is 317 Å². The van der Waals surface area contributed by atoms with E-state index in [-0.39, 0.29) is 10.8 Å². The first-order valence-corrected chi connectivity index (χ1v) is 51.1. The van der Waals surface area contributed by atoms with Crippen molar-refractivity contribution in [3.8, 4) is 134 Å². The summed E-state index contributed by atoms with van der Waals surface area (Å²) in [5.41, 5.74) is 47.1. The van der Waals surface area contributed by atoms with Crippen molar-refractivity contribution in [1.82, 2.24) is 0 Å². The first kappa shape index (κ1) is 84.8. The van der Waals surface area contributed by atoms with Crippen molar-refractivity contribution in [1.29, 1.82) is 0 Å². The van der Waals surface area contributed by atoms with Crippen LogP contribution in [0.15, 0.2) is 518 Å². The Kier molecular flexibility index (Phi) is 19.0. The molecule has 0 spiro atoms. The molecular formula is C144H96O2. The Morgan fingerprint density at radius 1 is 0.137 bits per heavy atom. The van der Waals surface area contributed by atoms with E-state index in [4.69, 9.17) is 8.83 Å². The maximum Gasteiger partial charge on any atom is 0.143 e. The number of benzene rings is 24. The molecule has 0 radical (unpaired) electrons. The third kappa shape index (κ3) is 12.8. The predicted molar refractivity (Wildman–Crippen MR) is 611 cm³/mol. The van der Waals surface area contributed by atoms with Crippen LogP contribution < -0.4 is 0 Å². The second kappa shape index (κ2) is 32.7. The number of rotatable bonds is 12. The highest BCUT2D eigenvalue weighted by Gasteiger charge is 2.49. The van der Waals surface area contributed by atoms with Gasteiger partial charge >= 0.3 is 0 Å². The zero-order valence-electron chi connectivity index (χ0n) is 81.3. The van der Waals surface area contributed by atoms with E-state index in [1.54, 1.807) is 0 Å². The highest BCUT2D eigenvalue weighted by atomic mass is 16.3. The molecule has 0 atom stereocenters. The molecule has 2 nitrogen and oxygen atoms in total. The molecule has 4 aliphatic rings. The third-order valence-electron chi connectivity index (χ3n) is 33.1. The summed E-state index contributed by atoms with van der Waals surface area (Å²) < 4.78 is 14.1. The van der Waals surface area contributed by atoms with E-state index < -0.39 is 10.8 Å². The Morgan fingerprint density at radius 3 is 0.747 bits per heavy atom. The van der Waals surface area contributed by atoms with Gasteiger partial charge in [-0.25, -0.2) is 0 Å². The number of furan rings is 2. The molecule has 0 N–H and O–H groups in total. The molecule has 2 heterocycles. The average molecular weight is 1860 g/mol. The third-order valence-corrected chi connectivity index (χ3v) is 33.1. The first-order chi connectivity index (χ1) is 71.9. The summed E-state index contributed by atoms with van der Waals surface area (Å²) in [5.74, 6) is 0. The minimum absolute atomic E-state index is 0.0685. The Hall–Kier alpha value is -18.1. The van der Waals surface area contributed by atoms with Crippen LogP contribution in [0.5, 0.6) is 0 Å². The van der Waals surface area contributed by atoms with Gasteiger partial charge in [0.1, 0.15) is 22.3 Å². The molecule has 0 amide bonds. The van der Waals surface area contributed by atoms with Gasteiger partial charge in [0.15, 0.2) is 0 Å². The molecule has 0 bridgehead atoms. The fourth-order valence-electron chi connectivity index (χ4n) is 26.1. The van der Waals surface area contributed by atoms with Crippen molar-refractivity contribution in [2.24, 2.45) is 0 Å². The summed E-state index contributed by atoms with van der Waals surface area (Å²) in [5, 5.41) is 14.5. The van der Waals surface area contributed by atoms with Crippen molar-refractivity contribution in [3.05, 3.63) is 576 Å². The molecule has 146 heavy (non-hydrogen) atoms. The zero-order chi connectivity index (χ0) is 96.8. The molecule has 0 saturated heterocycles. The van der Waals surface area contributed by atoms with Gasteiger partial charge in [0.25, 0.3) is 0 Å². The van der Waals surface area contributed by atoms with Crippen LogP contribution in [0.4, 0.5) is 0 Å². The zero-order valence-corrected chi connectivity index (χ0v) is 81.3. The Labute approximate surface area is 848 Å². The van der Waals surface area contributed by atoms with E-state index in [2.05, 4.69) is 537 Å². The fraction of sp³-hybridized carbons (Fsp3) is 0.0556. The van der Waals surface area contributed by atoms with Crippen LogP contribution in [0.1, 0.15) is 94.5 Å². The first-order valence-electron chi connectivity index (χ1n) is 51.1. The van der Waals surface area contributed by atoms with E-state index in [9.17, 15) is 0 Å². The van der Waals surface area contributed by atoms with Crippen LogP contribution in [-0.4, -0.2) is 0 Å². The van der Waals surface area contributed by atoms with Gasteiger partial charge in [-0.2, -0.15) is 0 Å². The van der Waals surface area contributed by atoms with Gasteiger partial charge in [-0.15, -0.1) is 0 Å². The quantitative estimate of drug-likeness (QED) is 0.114. The SMILES string of the molecule is CC1(C)c2ccccc2-c2ccc(-c3ccc4oc5c(-c6ccc(-c7cc8ccccc8c8ccccc78)cc6)cc(-c6ccc7c(c6)C(C)(C)c6ccccc6-7)cc5c4c3)cc21.c1ccc(C2(c3ccccc3)c3ccccc3-c3ccc(-c4ccc5oc6c(-c7ccc(-c8cc9ccccc9c9ccccc89)cc7)cc(-c7ccc8c(c7)C(c7ccccc7)(c7ccccc7)c7ccccc7-8)cc6c5c4)cc32)cc1. The highest BCUT2D eigenvalue weighted by Crippen LogP contribution is 2.61. The van der Waals surface area contributed by atoms with E-state index in [0.29, 0.717) is 0 Å². The van der Waals surface area contributed by atoms with Gasteiger partial charge in [0.05, 0.1) is 10.8 Å². The van der Waals surface area contributed by atoms with Gasteiger partial charge in [-0.3, -0.25) is 0 Å². The summed E-state index contributed by atoms with van der Waals surface area (Å²) in [4.78, 5) is 0. The summed E-state index contributed by atoms with van der Waals surface area (Å²) >= 11 is 0. The number of fused-ring (bicyclic) bond motifs is 24. The minimum atomic E-state index is -0.534. The van der Waals surface area contributed by atoms with Gasteiger partial charge in [-0.1, -0.05) is 452 Å². The van der Waals surface area contributed by atoms with E-state index in [1.807, 2.05) is 0 Å². The Bertz CT molecular complexity index is 9820. The molecule has 26 aromatic rings. The topological polar surface area (TPSA) is 26.3 Å². The average Bonchev–Trinajstić information content (AvgIpc) is 1.53. The van der Waals surface area contributed by atoms with Gasteiger partial charge in [0.2, 0.25) is 0 Å². The summed E-state index contributed by atoms with van der Waals surface area (Å²) in [6.07, 6.45) is 0. The monoisotopic (exact) mass is 1860 g/mol. The lowest BCUT2D eigenvalue weighted by molar-refractivity contribution is 0.660. The van der Waals surface area contributed by atoms with E-state index in [0.717, 1.165) is 88.4 Å².